The first kappa shape index (κ1) is 15.9. The van der Waals surface area contributed by atoms with Gasteiger partial charge in [-0.15, -0.1) is 0 Å². The summed E-state index contributed by atoms with van der Waals surface area (Å²) in [7, 11) is -0.971. The van der Waals surface area contributed by atoms with Gasteiger partial charge < -0.3 is 20.1 Å². The van der Waals surface area contributed by atoms with Crippen LogP contribution in [-0.2, 0) is 20.3 Å². The van der Waals surface area contributed by atoms with Gasteiger partial charge in [-0.25, -0.2) is 9.59 Å². The topological polar surface area (TPSA) is 95.9 Å². The van der Waals surface area contributed by atoms with Crippen molar-refractivity contribution >= 4 is 22.8 Å². The van der Waals surface area contributed by atoms with Crippen LogP contribution >= 0.6 is 0 Å². The summed E-state index contributed by atoms with van der Waals surface area (Å²) in [4.78, 5) is 23.7. The number of likely N-dealkylation sites (tertiary alicyclic amines) is 1. The molecule has 0 radical (unpaired) electrons. The van der Waals surface area contributed by atoms with E-state index in [-0.39, 0.29) is 17.9 Å². The number of rotatable bonds is 6. The minimum atomic E-state index is -1.02. The molecular formula is C11H20N2O5S. The van der Waals surface area contributed by atoms with E-state index in [1.807, 2.05) is 0 Å². The maximum Gasteiger partial charge on any atom is 0.329 e. The number of nitrogens with one attached hydrogen (secondary N) is 1. The standard InChI is InChI=1S/C11H20N2O5S/c1-8(19(3)17)4-12-10(16)13-6-11(2,7-13)18-5-9(14)15/h8H,4-7H2,1-3H3,(H,12,16)(H,14,15). The molecule has 1 heterocycles. The molecule has 7 nitrogen and oxygen atoms in total. The molecule has 0 aromatic heterocycles. The Bertz CT molecular complexity index is 381. The lowest BCUT2D eigenvalue weighted by Crippen LogP contribution is -2.65. The SMILES string of the molecule is CC(CNC(=O)N1CC(C)(OCC(=O)O)C1)S(C)=O. The molecule has 8 heteroatoms. The molecule has 1 aliphatic rings. The number of nitrogens with zero attached hydrogens (tertiary/aromatic N) is 1. The van der Waals surface area contributed by atoms with Crippen molar-refractivity contribution in [3.05, 3.63) is 0 Å². The minimum absolute atomic E-state index is 0.0973. The highest BCUT2D eigenvalue weighted by molar-refractivity contribution is 7.84. The maximum absolute atomic E-state index is 11.7. The highest BCUT2D eigenvalue weighted by atomic mass is 32.2. The number of carboxylic acid groups (broad SMARTS) is 1. The molecule has 2 unspecified atom stereocenters. The highest BCUT2D eigenvalue weighted by Crippen LogP contribution is 2.24. The van der Waals surface area contributed by atoms with E-state index in [4.69, 9.17) is 9.84 Å². The second kappa shape index (κ2) is 6.33. The average molecular weight is 292 g/mol. The summed E-state index contributed by atoms with van der Waals surface area (Å²) in [6.45, 7) is 4.27. The van der Waals surface area contributed by atoms with E-state index in [1.165, 1.54) is 4.90 Å². The molecule has 0 aromatic rings. The molecular weight excluding hydrogens is 272 g/mol. The van der Waals surface area contributed by atoms with Crippen molar-refractivity contribution in [2.24, 2.45) is 0 Å². The number of urea groups is 1. The fraction of sp³-hybridized carbons (Fsp3) is 0.818. The quantitative estimate of drug-likeness (QED) is 0.697. The largest absolute Gasteiger partial charge is 0.480 e. The van der Waals surface area contributed by atoms with E-state index in [2.05, 4.69) is 5.32 Å². The van der Waals surface area contributed by atoms with Crippen LogP contribution in [0.3, 0.4) is 0 Å². The van der Waals surface area contributed by atoms with Gasteiger partial charge in [0.25, 0.3) is 0 Å². The Hall–Kier alpha value is -1.15. The van der Waals surface area contributed by atoms with Crippen LogP contribution in [0.5, 0.6) is 0 Å². The van der Waals surface area contributed by atoms with Crippen LogP contribution in [0.4, 0.5) is 4.79 Å². The predicted molar refractivity (Wildman–Crippen MR) is 70.5 cm³/mol. The summed E-state index contributed by atoms with van der Waals surface area (Å²) in [6, 6.07) is -0.242. The second-order valence-electron chi connectivity index (χ2n) is 4.98. The molecule has 19 heavy (non-hydrogen) atoms. The Morgan fingerprint density at radius 3 is 2.58 bits per heavy atom. The minimum Gasteiger partial charge on any atom is -0.480 e. The van der Waals surface area contributed by atoms with Crippen molar-refractivity contribution in [1.29, 1.82) is 0 Å². The number of carbonyl (C=O) groups excluding carboxylic acids is 1. The molecule has 1 aliphatic heterocycles. The van der Waals surface area contributed by atoms with Gasteiger partial charge in [-0.3, -0.25) is 4.21 Å². The van der Waals surface area contributed by atoms with Gasteiger partial charge in [0.2, 0.25) is 0 Å². The van der Waals surface area contributed by atoms with Crippen LogP contribution in [0.1, 0.15) is 13.8 Å². The average Bonchev–Trinajstić information content (AvgIpc) is 2.29. The Labute approximate surface area is 114 Å². The molecule has 1 fully saturated rings. The van der Waals surface area contributed by atoms with Crippen molar-refractivity contribution in [3.8, 4) is 0 Å². The molecule has 0 bridgehead atoms. The normalized spacial score (nSPS) is 20.3. The van der Waals surface area contributed by atoms with Crippen molar-refractivity contribution < 1.29 is 23.6 Å². The summed E-state index contributed by atoms with van der Waals surface area (Å²) >= 11 is 0. The Morgan fingerprint density at radius 2 is 2.11 bits per heavy atom. The van der Waals surface area contributed by atoms with Gasteiger partial charge in [0, 0.05) is 28.9 Å². The van der Waals surface area contributed by atoms with E-state index in [9.17, 15) is 13.8 Å². The van der Waals surface area contributed by atoms with Crippen molar-refractivity contribution in [1.82, 2.24) is 10.2 Å². The summed E-state index contributed by atoms with van der Waals surface area (Å²) < 4.78 is 16.3. The van der Waals surface area contributed by atoms with Crippen LogP contribution < -0.4 is 5.32 Å². The van der Waals surface area contributed by atoms with Crippen LogP contribution in [-0.4, -0.2) is 69.6 Å². The zero-order valence-electron chi connectivity index (χ0n) is 11.3. The Morgan fingerprint density at radius 1 is 1.53 bits per heavy atom. The number of hydrogen-bond donors (Lipinski definition) is 2. The summed E-state index contributed by atoms with van der Waals surface area (Å²) in [5.41, 5.74) is -0.588. The second-order valence-corrected chi connectivity index (χ2v) is 6.79. The lowest BCUT2D eigenvalue weighted by molar-refractivity contribution is -0.159. The van der Waals surface area contributed by atoms with Gasteiger partial charge in [0.05, 0.1) is 13.1 Å². The first-order valence-electron chi connectivity index (χ1n) is 5.94. The number of carbonyl (C=O) groups is 2. The third-order valence-corrected chi connectivity index (χ3v) is 4.29. The number of amides is 2. The van der Waals surface area contributed by atoms with Gasteiger partial charge >= 0.3 is 12.0 Å². The van der Waals surface area contributed by atoms with Crippen LogP contribution in [0.25, 0.3) is 0 Å². The third-order valence-electron chi connectivity index (χ3n) is 2.99. The fourth-order valence-electron chi connectivity index (χ4n) is 1.69. The van der Waals surface area contributed by atoms with Crippen molar-refractivity contribution in [3.63, 3.8) is 0 Å². The van der Waals surface area contributed by atoms with Crippen LogP contribution in [0, 0.1) is 0 Å². The van der Waals surface area contributed by atoms with Gasteiger partial charge in [-0.1, -0.05) is 0 Å². The summed E-state index contributed by atoms with van der Waals surface area (Å²) in [6.07, 6.45) is 1.59. The first-order chi connectivity index (χ1) is 8.73. The number of carboxylic acids is 1. The van der Waals surface area contributed by atoms with Gasteiger partial charge in [-0.05, 0) is 13.8 Å². The fourth-order valence-corrected chi connectivity index (χ4v) is 2.01. The first-order valence-corrected chi connectivity index (χ1v) is 7.56. The number of hydrogen-bond acceptors (Lipinski definition) is 4. The zero-order chi connectivity index (χ0) is 14.6. The van der Waals surface area contributed by atoms with Crippen LogP contribution in [0.2, 0.25) is 0 Å². The van der Waals surface area contributed by atoms with Crippen LogP contribution in [0.15, 0.2) is 0 Å². The number of aliphatic carboxylic acids is 1. The maximum atomic E-state index is 11.7. The molecule has 0 spiro atoms. The van der Waals surface area contributed by atoms with Crippen molar-refractivity contribution in [2.45, 2.75) is 24.7 Å². The molecule has 2 atom stereocenters. The van der Waals surface area contributed by atoms with Gasteiger partial charge in [0.15, 0.2) is 0 Å². The lowest BCUT2D eigenvalue weighted by atomic mass is 9.97. The van der Waals surface area contributed by atoms with E-state index < -0.39 is 22.4 Å². The van der Waals surface area contributed by atoms with E-state index in [1.54, 1.807) is 20.1 Å². The monoisotopic (exact) mass is 292 g/mol. The zero-order valence-corrected chi connectivity index (χ0v) is 12.2. The molecule has 110 valence electrons. The molecule has 0 aliphatic carbocycles. The summed E-state index contributed by atoms with van der Waals surface area (Å²) in [5.74, 6) is -1.02. The molecule has 0 aromatic carbocycles. The molecule has 2 amide bonds. The smallest absolute Gasteiger partial charge is 0.329 e. The lowest BCUT2D eigenvalue weighted by Gasteiger charge is -2.47. The van der Waals surface area contributed by atoms with Gasteiger partial charge in [-0.2, -0.15) is 0 Å². The molecule has 2 N–H and O–H groups in total. The molecule has 0 saturated carbocycles. The summed E-state index contributed by atoms with van der Waals surface area (Å²) in [5, 5.41) is 11.1. The predicted octanol–water partition coefficient (Wildman–Crippen LogP) is -0.361. The third kappa shape index (κ3) is 4.79. The van der Waals surface area contributed by atoms with E-state index >= 15 is 0 Å². The number of ether oxygens (including phenoxy) is 1. The Kier molecular flexibility index (Phi) is 5.30. The Balaban J connectivity index is 2.27. The molecule has 1 rings (SSSR count). The highest BCUT2D eigenvalue weighted by Gasteiger charge is 2.42. The van der Waals surface area contributed by atoms with E-state index in [0.29, 0.717) is 19.6 Å². The van der Waals surface area contributed by atoms with Gasteiger partial charge in [0.1, 0.15) is 12.2 Å². The van der Waals surface area contributed by atoms with E-state index in [0.717, 1.165) is 0 Å². The molecule has 1 saturated heterocycles. The van der Waals surface area contributed by atoms with Crippen molar-refractivity contribution in [2.75, 3.05) is 32.5 Å².